The van der Waals surface area contributed by atoms with E-state index in [2.05, 4.69) is 15.6 Å². The van der Waals surface area contributed by atoms with Crippen LogP contribution in [-0.2, 0) is 19.8 Å². The van der Waals surface area contributed by atoms with Crippen molar-refractivity contribution in [2.45, 2.75) is 39.5 Å². The van der Waals surface area contributed by atoms with Gasteiger partial charge in [0.05, 0.1) is 11.1 Å². The molecule has 1 aromatic heterocycles. The number of allylic oxidation sites excluding steroid dienone is 4. The maximum atomic E-state index is 13.7. The van der Waals surface area contributed by atoms with Gasteiger partial charge in [-0.25, -0.2) is 4.98 Å². The van der Waals surface area contributed by atoms with Gasteiger partial charge in [0.2, 0.25) is 5.91 Å². The van der Waals surface area contributed by atoms with Crippen LogP contribution in [0.25, 0.3) is 0 Å². The zero-order valence-corrected chi connectivity index (χ0v) is 20.3. The Labute approximate surface area is 204 Å². The minimum Gasteiger partial charge on any atom is -0.507 e. The van der Waals surface area contributed by atoms with Crippen molar-refractivity contribution in [2.75, 3.05) is 11.9 Å². The van der Waals surface area contributed by atoms with Crippen LogP contribution in [0.15, 0.2) is 34.7 Å². The van der Waals surface area contributed by atoms with E-state index in [0.29, 0.717) is 5.13 Å². The van der Waals surface area contributed by atoms with Crippen molar-refractivity contribution in [3.05, 3.63) is 51.4 Å². The fourth-order valence-corrected chi connectivity index (χ4v) is 4.83. The zero-order valence-electron chi connectivity index (χ0n) is 19.4. The second-order valence-corrected chi connectivity index (χ2v) is 9.34. The Morgan fingerprint density at radius 1 is 1.20 bits per heavy atom. The van der Waals surface area contributed by atoms with Crippen LogP contribution in [0.2, 0.25) is 0 Å². The average molecular weight is 498 g/mol. The summed E-state index contributed by atoms with van der Waals surface area (Å²) in [5.74, 6) is -3.06. The minimum atomic E-state index is -1.59. The monoisotopic (exact) mass is 497 g/mol. The Morgan fingerprint density at radius 2 is 1.91 bits per heavy atom. The third-order valence-electron chi connectivity index (χ3n) is 6.18. The highest BCUT2D eigenvalue weighted by Gasteiger charge is 2.56. The SMILES string of the molecule is CC(=O)c1c(O)c(C)c(O)c2c1OC1=CC(=O)/C(=C(/C)NCCC(=O)Nc3nccs3)C(=O)[C@]12C. The molecule has 11 heteroatoms. The second-order valence-electron chi connectivity index (χ2n) is 8.45. The first kappa shape index (κ1) is 24.1. The standard InChI is InChI=1S/C24H23N3O7S/c1-10-19(31)17(12(3)28)21-18(20(10)32)24(4)14(34-21)9-13(29)16(22(24)33)11(2)25-6-5-15(30)27-23-26-7-8-35-23/h7-9,25,31-32H,5-6H2,1-4H3,(H,26,27,30)/b16-11+/t24-/m1/s1. The van der Waals surface area contributed by atoms with Crippen molar-refractivity contribution < 1.29 is 34.1 Å². The van der Waals surface area contributed by atoms with Gasteiger partial charge in [-0.05, 0) is 27.7 Å². The molecule has 2 heterocycles. The Morgan fingerprint density at radius 3 is 2.54 bits per heavy atom. The number of nitrogens with one attached hydrogen (secondary N) is 2. The van der Waals surface area contributed by atoms with E-state index in [1.54, 1.807) is 18.5 Å². The molecule has 2 aromatic rings. The van der Waals surface area contributed by atoms with Gasteiger partial charge < -0.3 is 25.6 Å². The zero-order chi connectivity index (χ0) is 25.7. The molecule has 2 aliphatic rings. The number of benzene rings is 1. The summed E-state index contributed by atoms with van der Waals surface area (Å²) in [5, 5.41) is 29.0. The molecule has 1 amide bonds. The maximum absolute atomic E-state index is 13.7. The molecule has 1 aliphatic carbocycles. The first-order valence-corrected chi connectivity index (χ1v) is 11.6. The number of carbonyl (C=O) groups excluding carboxylic acids is 4. The number of thiazole rings is 1. The summed E-state index contributed by atoms with van der Waals surface area (Å²) in [6, 6.07) is 0. The molecule has 0 saturated carbocycles. The molecule has 0 unspecified atom stereocenters. The number of amides is 1. The molecule has 10 nitrogen and oxygen atoms in total. The smallest absolute Gasteiger partial charge is 0.227 e. The third-order valence-corrected chi connectivity index (χ3v) is 6.87. The molecule has 0 fully saturated rings. The average Bonchev–Trinajstić information content (AvgIpc) is 3.38. The number of fused-ring (bicyclic) bond motifs is 3. The van der Waals surface area contributed by atoms with Crippen LogP contribution in [0.4, 0.5) is 5.13 Å². The summed E-state index contributed by atoms with van der Waals surface area (Å²) < 4.78 is 5.73. The van der Waals surface area contributed by atoms with Crippen molar-refractivity contribution in [3.63, 3.8) is 0 Å². The second kappa shape index (κ2) is 8.66. The number of Topliss-reactive ketones (excluding diaryl/α,β-unsaturated/α-hetero) is 2. The lowest BCUT2D eigenvalue weighted by Crippen LogP contribution is -2.41. The number of phenolic OH excluding ortho intramolecular Hbond substituents is 2. The Bertz CT molecular complexity index is 1360. The van der Waals surface area contributed by atoms with Crippen LogP contribution in [0.3, 0.4) is 0 Å². The summed E-state index contributed by atoms with van der Waals surface area (Å²) in [7, 11) is 0. The molecule has 1 aromatic carbocycles. The molecular weight excluding hydrogens is 474 g/mol. The lowest BCUT2D eigenvalue weighted by Gasteiger charge is -2.29. The summed E-state index contributed by atoms with van der Waals surface area (Å²) in [6.07, 6.45) is 2.78. The number of aromatic hydroxyl groups is 2. The maximum Gasteiger partial charge on any atom is 0.227 e. The summed E-state index contributed by atoms with van der Waals surface area (Å²) in [5.41, 5.74) is -1.60. The molecule has 4 rings (SSSR count). The predicted octanol–water partition coefficient (Wildman–Crippen LogP) is 2.64. The van der Waals surface area contributed by atoms with E-state index in [1.165, 1.54) is 32.1 Å². The number of carbonyl (C=O) groups is 4. The van der Waals surface area contributed by atoms with Gasteiger partial charge in [0.15, 0.2) is 22.5 Å². The van der Waals surface area contributed by atoms with E-state index in [9.17, 15) is 29.4 Å². The summed E-state index contributed by atoms with van der Waals surface area (Å²) >= 11 is 1.29. The highest BCUT2D eigenvalue weighted by Crippen LogP contribution is 2.57. The van der Waals surface area contributed by atoms with Crippen molar-refractivity contribution in [2.24, 2.45) is 0 Å². The van der Waals surface area contributed by atoms with Gasteiger partial charge in [-0.1, -0.05) is 0 Å². The van der Waals surface area contributed by atoms with Crippen LogP contribution in [0.1, 0.15) is 48.7 Å². The molecule has 182 valence electrons. The van der Waals surface area contributed by atoms with Crippen molar-refractivity contribution in [1.82, 2.24) is 10.3 Å². The number of phenols is 2. The van der Waals surface area contributed by atoms with Gasteiger partial charge in [0.25, 0.3) is 0 Å². The Balaban J connectivity index is 1.66. The van der Waals surface area contributed by atoms with Crippen molar-refractivity contribution >= 4 is 39.7 Å². The van der Waals surface area contributed by atoms with Gasteiger partial charge in [-0.2, -0.15) is 0 Å². The molecule has 35 heavy (non-hydrogen) atoms. The number of hydrogen-bond donors (Lipinski definition) is 4. The number of hydrogen-bond acceptors (Lipinski definition) is 10. The van der Waals surface area contributed by atoms with Gasteiger partial charge in [0.1, 0.15) is 34.0 Å². The fraction of sp³-hybridized carbons (Fsp3) is 0.292. The van der Waals surface area contributed by atoms with E-state index in [4.69, 9.17) is 4.74 Å². The summed E-state index contributed by atoms with van der Waals surface area (Å²) in [4.78, 5) is 54.9. The van der Waals surface area contributed by atoms with Crippen LogP contribution in [0.5, 0.6) is 17.2 Å². The number of anilines is 1. The third kappa shape index (κ3) is 3.77. The van der Waals surface area contributed by atoms with Crippen molar-refractivity contribution in [3.8, 4) is 17.2 Å². The quantitative estimate of drug-likeness (QED) is 0.268. The molecule has 0 spiro atoms. The normalized spacial score (nSPS) is 19.9. The number of nitrogens with zero attached hydrogens (tertiary/aromatic N) is 1. The number of ether oxygens (including phenoxy) is 1. The highest BCUT2D eigenvalue weighted by atomic mass is 32.1. The predicted molar refractivity (Wildman–Crippen MR) is 127 cm³/mol. The lowest BCUT2D eigenvalue weighted by atomic mass is 9.70. The van der Waals surface area contributed by atoms with E-state index in [-0.39, 0.29) is 64.1 Å². The van der Waals surface area contributed by atoms with Gasteiger partial charge in [-0.15, -0.1) is 11.3 Å². The van der Waals surface area contributed by atoms with E-state index in [0.717, 1.165) is 6.08 Å². The van der Waals surface area contributed by atoms with E-state index < -0.39 is 28.5 Å². The molecule has 4 N–H and O–H groups in total. The number of aromatic nitrogens is 1. The molecule has 0 radical (unpaired) electrons. The number of ketones is 3. The lowest BCUT2D eigenvalue weighted by molar-refractivity contribution is -0.123. The molecule has 0 bridgehead atoms. The van der Waals surface area contributed by atoms with Gasteiger partial charge in [-0.3, -0.25) is 19.2 Å². The minimum absolute atomic E-state index is 0.0230. The highest BCUT2D eigenvalue weighted by molar-refractivity contribution is 7.13. The fourth-order valence-electron chi connectivity index (χ4n) is 4.28. The molecular formula is C24H23N3O7S. The Hall–Kier alpha value is -3.99. The summed E-state index contributed by atoms with van der Waals surface area (Å²) in [6.45, 7) is 5.84. The van der Waals surface area contributed by atoms with Crippen molar-refractivity contribution in [1.29, 1.82) is 0 Å². The Kier molecular flexibility index (Phi) is 5.97. The first-order chi connectivity index (χ1) is 16.5. The topological polar surface area (TPSA) is 155 Å². The van der Waals surface area contributed by atoms with E-state index >= 15 is 0 Å². The molecule has 1 aliphatic heterocycles. The number of rotatable bonds is 6. The van der Waals surface area contributed by atoms with Crippen LogP contribution in [-0.4, -0.2) is 45.0 Å². The van der Waals surface area contributed by atoms with Crippen LogP contribution < -0.4 is 15.4 Å². The van der Waals surface area contributed by atoms with Crippen LogP contribution >= 0.6 is 11.3 Å². The first-order valence-electron chi connectivity index (χ1n) is 10.7. The van der Waals surface area contributed by atoms with E-state index in [1.807, 2.05) is 0 Å². The van der Waals surface area contributed by atoms with Gasteiger partial charge >= 0.3 is 0 Å². The molecule has 0 saturated heterocycles. The largest absolute Gasteiger partial charge is 0.507 e. The molecule has 1 atom stereocenters. The van der Waals surface area contributed by atoms with Crippen LogP contribution in [0, 0.1) is 6.92 Å². The van der Waals surface area contributed by atoms with Gasteiger partial charge in [0, 0.05) is 41.9 Å².